The van der Waals surface area contributed by atoms with Gasteiger partial charge in [0.25, 0.3) is 0 Å². The van der Waals surface area contributed by atoms with E-state index in [1.807, 2.05) is 41.0 Å². The molecule has 0 atom stereocenters. The Bertz CT molecular complexity index is 679. The van der Waals surface area contributed by atoms with E-state index in [1.54, 1.807) is 6.20 Å². The molecule has 3 aromatic rings. The highest BCUT2D eigenvalue weighted by Gasteiger charge is 2.12. The van der Waals surface area contributed by atoms with Gasteiger partial charge in [-0.15, -0.1) is 0 Å². The predicted octanol–water partition coefficient (Wildman–Crippen LogP) is 3.06. The van der Waals surface area contributed by atoms with Gasteiger partial charge < -0.3 is 16.0 Å². The lowest BCUT2D eigenvalue weighted by Crippen LogP contribution is -1.94. The summed E-state index contributed by atoms with van der Waals surface area (Å²) in [5.74, 6) is 0. The van der Waals surface area contributed by atoms with Crippen LogP contribution in [0.2, 0.25) is 0 Å². The minimum absolute atomic E-state index is 0.734. The van der Waals surface area contributed by atoms with Crippen molar-refractivity contribution in [1.82, 2.24) is 4.57 Å². The number of aromatic nitrogens is 1. The molecule has 0 aliphatic rings. The van der Waals surface area contributed by atoms with E-state index >= 15 is 0 Å². The first-order valence-electron chi connectivity index (χ1n) is 5.43. The summed E-state index contributed by atoms with van der Waals surface area (Å²) in [5.41, 5.74) is 15.5. The standard InChI is InChI=1S/C14H13N3/c1-2-17-13-9(5-3-7-11(13)15)10-6-4-8-12(16)14(10)17/h2-8H,1,15-16H2. The second-order valence-electron chi connectivity index (χ2n) is 4.04. The first-order chi connectivity index (χ1) is 8.24. The molecule has 0 bridgehead atoms. The van der Waals surface area contributed by atoms with Crippen molar-refractivity contribution in [3.63, 3.8) is 0 Å². The molecule has 1 aromatic heterocycles. The molecule has 3 rings (SSSR count). The first-order valence-corrected chi connectivity index (χ1v) is 5.43. The highest BCUT2D eigenvalue weighted by atomic mass is 15.0. The van der Waals surface area contributed by atoms with Gasteiger partial charge in [-0.3, -0.25) is 0 Å². The van der Waals surface area contributed by atoms with Crippen LogP contribution in [0.4, 0.5) is 11.4 Å². The number of nitrogens with zero attached hydrogens (tertiary/aromatic N) is 1. The zero-order chi connectivity index (χ0) is 12.0. The molecule has 0 radical (unpaired) electrons. The fraction of sp³-hybridized carbons (Fsp3) is 0. The van der Waals surface area contributed by atoms with Crippen molar-refractivity contribution < 1.29 is 0 Å². The summed E-state index contributed by atoms with van der Waals surface area (Å²) in [6.45, 7) is 3.84. The molecule has 0 amide bonds. The Morgan fingerprint density at radius 3 is 1.76 bits per heavy atom. The van der Waals surface area contributed by atoms with Crippen molar-refractivity contribution in [2.75, 3.05) is 11.5 Å². The molecule has 84 valence electrons. The van der Waals surface area contributed by atoms with Crippen LogP contribution in [0, 0.1) is 0 Å². The third-order valence-corrected chi connectivity index (χ3v) is 3.09. The highest BCUT2D eigenvalue weighted by Crippen LogP contribution is 2.35. The number of hydrogen-bond acceptors (Lipinski definition) is 2. The van der Waals surface area contributed by atoms with Crippen LogP contribution < -0.4 is 11.5 Å². The van der Waals surface area contributed by atoms with Crippen molar-refractivity contribution in [1.29, 1.82) is 0 Å². The highest BCUT2D eigenvalue weighted by molar-refractivity contribution is 6.15. The van der Waals surface area contributed by atoms with Gasteiger partial charge in [0.2, 0.25) is 0 Å². The smallest absolute Gasteiger partial charge is 0.0766 e. The molecule has 2 aromatic carbocycles. The van der Waals surface area contributed by atoms with Crippen molar-refractivity contribution in [2.24, 2.45) is 0 Å². The Morgan fingerprint density at radius 2 is 1.35 bits per heavy atom. The number of hydrogen-bond donors (Lipinski definition) is 2. The van der Waals surface area contributed by atoms with Gasteiger partial charge in [-0.25, -0.2) is 0 Å². The number of nitrogens with two attached hydrogens (primary N) is 2. The van der Waals surface area contributed by atoms with Crippen LogP contribution in [-0.2, 0) is 0 Å². The third-order valence-electron chi connectivity index (χ3n) is 3.09. The predicted molar refractivity (Wildman–Crippen MR) is 74.7 cm³/mol. The van der Waals surface area contributed by atoms with Gasteiger partial charge in [-0.1, -0.05) is 30.8 Å². The Balaban J connectivity index is 2.72. The molecule has 0 aliphatic heterocycles. The average molecular weight is 223 g/mol. The Labute approximate surface area is 98.9 Å². The zero-order valence-electron chi connectivity index (χ0n) is 9.35. The number of para-hydroxylation sites is 2. The van der Waals surface area contributed by atoms with Gasteiger partial charge in [0.05, 0.1) is 22.4 Å². The van der Waals surface area contributed by atoms with Gasteiger partial charge in [-0.05, 0) is 12.1 Å². The number of benzene rings is 2. The lowest BCUT2D eigenvalue weighted by molar-refractivity contribution is 1.30. The van der Waals surface area contributed by atoms with Crippen LogP contribution in [0.1, 0.15) is 0 Å². The molecular formula is C14H13N3. The van der Waals surface area contributed by atoms with Crippen LogP contribution in [0.25, 0.3) is 28.0 Å². The van der Waals surface area contributed by atoms with Crippen molar-refractivity contribution in [3.8, 4) is 0 Å². The Morgan fingerprint density at radius 1 is 0.882 bits per heavy atom. The molecule has 0 unspecified atom stereocenters. The van der Waals surface area contributed by atoms with Crippen molar-refractivity contribution in [2.45, 2.75) is 0 Å². The maximum absolute atomic E-state index is 6.04. The molecule has 1 heterocycles. The third kappa shape index (κ3) is 1.16. The lowest BCUT2D eigenvalue weighted by Gasteiger charge is -2.03. The van der Waals surface area contributed by atoms with Crippen LogP contribution in [-0.4, -0.2) is 4.57 Å². The Kier molecular flexibility index (Phi) is 1.89. The van der Waals surface area contributed by atoms with Gasteiger partial charge in [0.15, 0.2) is 0 Å². The van der Waals surface area contributed by atoms with Crippen LogP contribution >= 0.6 is 0 Å². The molecular weight excluding hydrogens is 210 g/mol. The minimum Gasteiger partial charge on any atom is -0.397 e. The molecule has 0 saturated heterocycles. The topological polar surface area (TPSA) is 57.0 Å². The number of anilines is 2. The SMILES string of the molecule is C=Cn1c2c(N)cccc2c2cccc(N)c21. The zero-order valence-corrected chi connectivity index (χ0v) is 9.35. The summed E-state index contributed by atoms with van der Waals surface area (Å²) in [5, 5.41) is 2.21. The van der Waals surface area contributed by atoms with E-state index in [1.165, 1.54) is 0 Å². The van der Waals surface area contributed by atoms with E-state index < -0.39 is 0 Å². The molecule has 0 spiro atoms. The second-order valence-corrected chi connectivity index (χ2v) is 4.04. The molecule has 17 heavy (non-hydrogen) atoms. The molecule has 3 nitrogen and oxygen atoms in total. The first kappa shape index (κ1) is 9.78. The molecule has 0 fully saturated rings. The molecule has 0 aliphatic carbocycles. The van der Waals surface area contributed by atoms with E-state index in [0.29, 0.717) is 0 Å². The number of fused-ring (bicyclic) bond motifs is 3. The summed E-state index contributed by atoms with van der Waals surface area (Å²) >= 11 is 0. The lowest BCUT2D eigenvalue weighted by atomic mass is 10.1. The Hall–Kier alpha value is -2.42. The fourth-order valence-electron chi connectivity index (χ4n) is 2.39. The molecule has 0 saturated carbocycles. The van der Waals surface area contributed by atoms with E-state index in [9.17, 15) is 0 Å². The van der Waals surface area contributed by atoms with Crippen molar-refractivity contribution >= 4 is 39.4 Å². The monoisotopic (exact) mass is 223 g/mol. The van der Waals surface area contributed by atoms with Gasteiger partial charge in [0.1, 0.15) is 0 Å². The fourth-order valence-corrected chi connectivity index (χ4v) is 2.39. The summed E-state index contributed by atoms with van der Waals surface area (Å²) in [7, 11) is 0. The summed E-state index contributed by atoms with van der Waals surface area (Å²) < 4.78 is 1.95. The van der Waals surface area contributed by atoms with Crippen LogP contribution in [0.5, 0.6) is 0 Å². The average Bonchev–Trinajstić information content (AvgIpc) is 2.66. The second kappa shape index (κ2) is 3.28. The maximum atomic E-state index is 6.04. The number of rotatable bonds is 1. The number of nitrogen functional groups attached to an aromatic ring is 2. The summed E-state index contributed by atoms with van der Waals surface area (Å²) in [6.07, 6.45) is 1.75. The maximum Gasteiger partial charge on any atom is 0.0766 e. The summed E-state index contributed by atoms with van der Waals surface area (Å²) in [4.78, 5) is 0. The van der Waals surface area contributed by atoms with Gasteiger partial charge in [0, 0.05) is 17.0 Å². The quantitative estimate of drug-likeness (QED) is 0.623. The minimum atomic E-state index is 0.734. The van der Waals surface area contributed by atoms with Crippen LogP contribution in [0.15, 0.2) is 43.0 Å². The van der Waals surface area contributed by atoms with E-state index in [0.717, 1.165) is 33.2 Å². The molecule has 3 heteroatoms. The van der Waals surface area contributed by atoms with E-state index in [4.69, 9.17) is 11.5 Å². The normalized spacial score (nSPS) is 11.1. The summed E-state index contributed by atoms with van der Waals surface area (Å²) in [6, 6.07) is 11.8. The van der Waals surface area contributed by atoms with Gasteiger partial charge in [-0.2, -0.15) is 0 Å². The largest absolute Gasteiger partial charge is 0.397 e. The van der Waals surface area contributed by atoms with Crippen molar-refractivity contribution in [3.05, 3.63) is 43.0 Å². The van der Waals surface area contributed by atoms with E-state index in [-0.39, 0.29) is 0 Å². The van der Waals surface area contributed by atoms with Gasteiger partial charge >= 0.3 is 0 Å². The molecule has 4 N–H and O–H groups in total. The van der Waals surface area contributed by atoms with E-state index in [2.05, 4.69) is 6.58 Å². The van der Waals surface area contributed by atoms with Crippen LogP contribution in [0.3, 0.4) is 0 Å².